The molecule has 0 aliphatic carbocycles. The highest BCUT2D eigenvalue weighted by molar-refractivity contribution is 7.91. The van der Waals surface area contributed by atoms with E-state index in [4.69, 9.17) is 4.74 Å². The molecule has 4 nitrogen and oxygen atoms in total. The van der Waals surface area contributed by atoms with Gasteiger partial charge in [0.2, 0.25) is 0 Å². The van der Waals surface area contributed by atoms with Crippen molar-refractivity contribution in [1.82, 2.24) is 4.90 Å². The van der Waals surface area contributed by atoms with Crippen molar-refractivity contribution in [3.8, 4) is 5.75 Å². The van der Waals surface area contributed by atoms with Crippen LogP contribution in [0, 0.1) is 0 Å². The van der Waals surface area contributed by atoms with Crippen molar-refractivity contribution in [3.05, 3.63) is 60.2 Å². The van der Waals surface area contributed by atoms with Crippen molar-refractivity contribution in [2.45, 2.75) is 23.8 Å². The average Bonchev–Trinajstić information content (AvgIpc) is 3.09. The summed E-state index contributed by atoms with van der Waals surface area (Å²) >= 11 is 0. The molecule has 3 rings (SSSR count). The largest absolute Gasteiger partial charge is 0.497 e. The van der Waals surface area contributed by atoms with Crippen molar-refractivity contribution < 1.29 is 13.2 Å². The lowest BCUT2D eigenvalue weighted by atomic mass is 10.0. The SMILES string of the molecule is COc1cccc([C@@H]2CCCN2CCS(=O)(=O)c2ccccc2)c1. The predicted octanol–water partition coefficient (Wildman–Crippen LogP) is 3.31. The number of ether oxygens (including phenoxy) is 1. The maximum atomic E-state index is 12.5. The number of nitrogens with zero attached hydrogens (tertiary/aromatic N) is 1. The third-order valence-corrected chi connectivity index (χ3v) is 6.30. The van der Waals surface area contributed by atoms with Crippen LogP contribution in [0.3, 0.4) is 0 Å². The van der Waals surface area contributed by atoms with Crippen LogP contribution in [0.2, 0.25) is 0 Å². The van der Waals surface area contributed by atoms with Crippen molar-refractivity contribution in [3.63, 3.8) is 0 Å². The van der Waals surface area contributed by atoms with Gasteiger partial charge < -0.3 is 4.74 Å². The molecule has 1 fully saturated rings. The van der Waals surface area contributed by atoms with Crippen molar-refractivity contribution in [2.24, 2.45) is 0 Å². The summed E-state index contributed by atoms with van der Waals surface area (Å²) in [6, 6.07) is 17.0. The first kappa shape index (κ1) is 17.0. The molecule has 0 saturated carbocycles. The third-order valence-electron chi connectivity index (χ3n) is 4.59. The van der Waals surface area contributed by atoms with Gasteiger partial charge in [-0.05, 0) is 49.2 Å². The van der Waals surface area contributed by atoms with E-state index in [1.54, 1.807) is 31.4 Å². The van der Waals surface area contributed by atoms with Gasteiger partial charge in [-0.15, -0.1) is 0 Å². The third kappa shape index (κ3) is 3.79. The van der Waals surface area contributed by atoms with Crippen LogP contribution in [0.5, 0.6) is 5.75 Å². The minimum absolute atomic E-state index is 0.150. The molecule has 24 heavy (non-hydrogen) atoms. The fourth-order valence-corrected chi connectivity index (χ4v) is 4.59. The van der Waals surface area contributed by atoms with Crippen LogP contribution < -0.4 is 4.74 Å². The maximum absolute atomic E-state index is 12.5. The van der Waals surface area contributed by atoms with E-state index in [2.05, 4.69) is 17.0 Å². The van der Waals surface area contributed by atoms with Gasteiger partial charge in [0, 0.05) is 12.6 Å². The van der Waals surface area contributed by atoms with Gasteiger partial charge in [-0.25, -0.2) is 8.42 Å². The smallest absolute Gasteiger partial charge is 0.179 e. The molecule has 0 amide bonds. The molecule has 2 aromatic carbocycles. The number of rotatable bonds is 6. The Morgan fingerprint density at radius 3 is 2.67 bits per heavy atom. The summed E-state index contributed by atoms with van der Waals surface area (Å²) in [6.07, 6.45) is 2.14. The zero-order chi connectivity index (χ0) is 17.0. The summed E-state index contributed by atoms with van der Waals surface area (Å²) in [5, 5.41) is 0. The Balaban J connectivity index is 1.70. The first-order chi connectivity index (χ1) is 11.6. The molecule has 0 bridgehead atoms. The first-order valence-electron chi connectivity index (χ1n) is 8.26. The van der Waals surface area contributed by atoms with E-state index in [1.807, 2.05) is 18.2 Å². The molecule has 0 aromatic heterocycles. The molecule has 1 saturated heterocycles. The number of hydrogen-bond donors (Lipinski definition) is 0. The van der Waals surface area contributed by atoms with Crippen LogP contribution in [0.4, 0.5) is 0 Å². The van der Waals surface area contributed by atoms with Crippen LogP contribution in [-0.4, -0.2) is 39.3 Å². The molecule has 1 heterocycles. The summed E-state index contributed by atoms with van der Waals surface area (Å²) < 4.78 is 30.3. The Labute approximate surface area is 144 Å². The van der Waals surface area contributed by atoms with Crippen LogP contribution in [0.15, 0.2) is 59.5 Å². The van der Waals surface area contributed by atoms with E-state index in [1.165, 1.54) is 5.56 Å². The maximum Gasteiger partial charge on any atom is 0.179 e. The second kappa shape index (κ2) is 7.36. The number of hydrogen-bond acceptors (Lipinski definition) is 4. The number of benzene rings is 2. The Hall–Kier alpha value is -1.85. The number of sulfone groups is 1. The molecule has 5 heteroatoms. The Kier molecular flexibility index (Phi) is 5.21. The standard InChI is InChI=1S/C19H23NO3S/c1-23-17-8-5-7-16(15-17)19-11-6-12-20(19)13-14-24(21,22)18-9-3-2-4-10-18/h2-5,7-10,15,19H,6,11-14H2,1H3/t19-/m0/s1. The van der Waals surface area contributed by atoms with Crippen LogP contribution in [0.25, 0.3) is 0 Å². The molecule has 0 radical (unpaired) electrons. The summed E-state index contributed by atoms with van der Waals surface area (Å²) in [4.78, 5) is 2.68. The van der Waals surface area contributed by atoms with Crippen molar-refractivity contribution in [1.29, 1.82) is 0 Å². The molecule has 1 aliphatic rings. The Morgan fingerprint density at radius 2 is 1.92 bits per heavy atom. The molecule has 2 aromatic rings. The quantitative estimate of drug-likeness (QED) is 0.806. The van der Waals surface area contributed by atoms with Gasteiger partial charge in [-0.3, -0.25) is 4.90 Å². The fourth-order valence-electron chi connectivity index (χ4n) is 3.30. The van der Waals surface area contributed by atoms with E-state index >= 15 is 0 Å². The van der Waals surface area contributed by atoms with Gasteiger partial charge in [0.25, 0.3) is 0 Å². The van der Waals surface area contributed by atoms with E-state index in [9.17, 15) is 8.42 Å². The highest BCUT2D eigenvalue weighted by atomic mass is 32.2. The monoisotopic (exact) mass is 345 g/mol. The molecular weight excluding hydrogens is 322 g/mol. The van der Waals surface area contributed by atoms with Crippen LogP contribution in [0.1, 0.15) is 24.4 Å². The molecule has 0 N–H and O–H groups in total. The fraction of sp³-hybridized carbons (Fsp3) is 0.368. The topological polar surface area (TPSA) is 46.6 Å². The Morgan fingerprint density at radius 1 is 1.12 bits per heavy atom. The van der Waals surface area contributed by atoms with E-state index in [0.29, 0.717) is 11.4 Å². The molecule has 0 unspecified atom stereocenters. The van der Waals surface area contributed by atoms with Gasteiger partial charge in [0.15, 0.2) is 9.84 Å². The minimum Gasteiger partial charge on any atom is -0.497 e. The van der Waals surface area contributed by atoms with Gasteiger partial charge in [-0.1, -0.05) is 30.3 Å². The van der Waals surface area contributed by atoms with Gasteiger partial charge in [0.1, 0.15) is 5.75 Å². The lowest BCUT2D eigenvalue weighted by Crippen LogP contribution is -2.29. The van der Waals surface area contributed by atoms with Crippen LogP contribution in [-0.2, 0) is 9.84 Å². The second-order valence-electron chi connectivity index (χ2n) is 6.10. The minimum atomic E-state index is -3.23. The molecule has 0 spiro atoms. The summed E-state index contributed by atoms with van der Waals surface area (Å²) in [5.74, 6) is 0.994. The van der Waals surface area contributed by atoms with E-state index in [-0.39, 0.29) is 11.8 Å². The molecule has 1 aliphatic heterocycles. The summed E-state index contributed by atoms with van der Waals surface area (Å²) in [5.41, 5.74) is 1.20. The first-order valence-corrected chi connectivity index (χ1v) is 9.91. The van der Waals surface area contributed by atoms with Crippen molar-refractivity contribution in [2.75, 3.05) is 26.0 Å². The van der Waals surface area contributed by atoms with E-state index < -0.39 is 9.84 Å². The van der Waals surface area contributed by atoms with Crippen molar-refractivity contribution >= 4 is 9.84 Å². The Bertz CT molecular complexity index is 774. The molecule has 1 atom stereocenters. The molecular formula is C19H23NO3S. The average molecular weight is 345 g/mol. The zero-order valence-electron chi connectivity index (χ0n) is 13.9. The zero-order valence-corrected chi connectivity index (χ0v) is 14.7. The molecule has 128 valence electrons. The van der Waals surface area contributed by atoms with Gasteiger partial charge in [-0.2, -0.15) is 0 Å². The van der Waals surface area contributed by atoms with E-state index in [0.717, 1.165) is 25.1 Å². The predicted molar refractivity (Wildman–Crippen MR) is 95.0 cm³/mol. The second-order valence-corrected chi connectivity index (χ2v) is 8.21. The lowest BCUT2D eigenvalue weighted by Gasteiger charge is -2.25. The summed E-state index contributed by atoms with van der Waals surface area (Å²) in [7, 11) is -1.57. The normalized spacial score (nSPS) is 18.6. The number of methoxy groups -OCH3 is 1. The highest BCUT2D eigenvalue weighted by Gasteiger charge is 2.27. The van der Waals surface area contributed by atoms with Gasteiger partial charge >= 0.3 is 0 Å². The van der Waals surface area contributed by atoms with Gasteiger partial charge in [0.05, 0.1) is 17.8 Å². The summed E-state index contributed by atoms with van der Waals surface area (Å²) in [6.45, 7) is 1.49. The lowest BCUT2D eigenvalue weighted by molar-refractivity contribution is 0.271. The highest BCUT2D eigenvalue weighted by Crippen LogP contribution is 2.33. The van der Waals surface area contributed by atoms with Crippen LogP contribution >= 0.6 is 0 Å². The number of likely N-dealkylation sites (tertiary alicyclic amines) is 1.